The fourth-order valence-electron chi connectivity index (χ4n) is 1.74. The predicted molar refractivity (Wildman–Crippen MR) is 77.4 cm³/mol. The number of benzene rings is 2. The lowest BCUT2D eigenvalue weighted by Gasteiger charge is -2.12. The number of hydrogen-bond acceptors (Lipinski definition) is 4. The van der Waals surface area contributed by atoms with E-state index >= 15 is 0 Å². The Morgan fingerprint density at radius 3 is 2.20 bits per heavy atom. The van der Waals surface area contributed by atoms with Gasteiger partial charge in [0, 0.05) is 0 Å². The van der Waals surface area contributed by atoms with Gasteiger partial charge in [-0.3, -0.25) is 15.0 Å². The van der Waals surface area contributed by atoms with Crippen molar-refractivity contribution in [1.82, 2.24) is 5.43 Å². The van der Waals surface area contributed by atoms with E-state index < -0.39 is 11.8 Å². The SMILES string of the molecule is O=CC(=O)C(NN=Cc1ccccc1)c1ccccc1. The van der Waals surface area contributed by atoms with Crippen LogP contribution >= 0.6 is 0 Å². The van der Waals surface area contributed by atoms with Crippen LogP contribution in [0.3, 0.4) is 0 Å². The second-order valence-corrected chi connectivity index (χ2v) is 4.16. The summed E-state index contributed by atoms with van der Waals surface area (Å²) in [5.41, 5.74) is 4.34. The zero-order valence-corrected chi connectivity index (χ0v) is 10.8. The number of ketones is 1. The van der Waals surface area contributed by atoms with E-state index in [2.05, 4.69) is 10.5 Å². The molecule has 0 heterocycles. The molecule has 0 saturated heterocycles. The Bertz CT molecular complexity index is 594. The van der Waals surface area contributed by atoms with Gasteiger partial charge in [-0.05, 0) is 11.1 Å². The zero-order valence-electron chi connectivity index (χ0n) is 10.8. The standard InChI is InChI=1S/C16H14N2O2/c19-12-15(20)16(14-9-5-2-6-10-14)18-17-11-13-7-3-1-4-8-13/h1-12,16,18H. The second-order valence-electron chi connectivity index (χ2n) is 4.16. The van der Waals surface area contributed by atoms with Gasteiger partial charge in [0.15, 0.2) is 6.29 Å². The lowest BCUT2D eigenvalue weighted by molar-refractivity contribution is -0.131. The Labute approximate surface area is 117 Å². The van der Waals surface area contributed by atoms with Gasteiger partial charge in [0.05, 0.1) is 6.21 Å². The lowest BCUT2D eigenvalue weighted by Crippen LogP contribution is -2.25. The molecule has 2 aromatic carbocycles. The molecule has 0 radical (unpaired) electrons. The highest BCUT2D eigenvalue weighted by Gasteiger charge is 2.18. The average Bonchev–Trinajstić information content (AvgIpc) is 2.53. The first kappa shape index (κ1) is 13.7. The number of carbonyl (C=O) groups is 2. The number of Topliss-reactive ketones (excluding diaryl/α,β-unsaturated/α-hetero) is 1. The minimum Gasteiger partial charge on any atom is -0.295 e. The van der Waals surface area contributed by atoms with Gasteiger partial charge in [-0.25, -0.2) is 0 Å². The highest BCUT2D eigenvalue weighted by Crippen LogP contribution is 2.12. The van der Waals surface area contributed by atoms with E-state index in [0.717, 1.165) is 5.56 Å². The van der Waals surface area contributed by atoms with Gasteiger partial charge in [-0.1, -0.05) is 60.7 Å². The van der Waals surface area contributed by atoms with E-state index in [1.54, 1.807) is 18.3 Å². The maximum absolute atomic E-state index is 11.7. The van der Waals surface area contributed by atoms with Gasteiger partial charge in [-0.2, -0.15) is 5.10 Å². The van der Waals surface area contributed by atoms with Crippen molar-refractivity contribution in [1.29, 1.82) is 0 Å². The molecular weight excluding hydrogens is 252 g/mol. The minimum absolute atomic E-state index is 0.308. The molecule has 1 atom stereocenters. The molecule has 4 nitrogen and oxygen atoms in total. The fourth-order valence-corrected chi connectivity index (χ4v) is 1.74. The first-order valence-corrected chi connectivity index (χ1v) is 6.19. The first-order chi connectivity index (χ1) is 9.81. The summed E-state index contributed by atoms with van der Waals surface area (Å²) in [7, 11) is 0. The van der Waals surface area contributed by atoms with Crippen LogP contribution in [0, 0.1) is 0 Å². The lowest BCUT2D eigenvalue weighted by atomic mass is 10.0. The Morgan fingerprint density at radius 2 is 1.60 bits per heavy atom. The van der Waals surface area contributed by atoms with Crippen LogP contribution in [-0.4, -0.2) is 18.3 Å². The third-order valence-corrected chi connectivity index (χ3v) is 2.75. The Morgan fingerprint density at radius 1 is 1.00 bits per heavy atom. The summed E-state index contributed by atoms with van der Waals surface area (Å²) in [4.78, 5) is 22.4. The van der Waals surface area contributed by atoms with Crippen LogP contribution in [0.15, 0.2) is 65.8 Å². The summed E-state index contributed by atoms with van der Waals surface area (Å²) in [6.45, 7) is 0. The van der Waals surface area contributed by atoms with E-state index in [0.29, 0.717) is 11.8 Å². The van der Waals surface area contributed by atoms with Crippen molar-refractivity contribution in [2.45, 2.75) is 6.04 Å². The van der Waals surface area contributed by atoms with Crippen LogP contribution in [0.5, 0.6) is 0 Å². The summed E-state index contributed by atoms with van der Waals surface area (Å²) in [5.74, 6) is -0.554. The molecule has 0 aliphatic carbocycles. The van der Waals surface area contributed by atoms with E-state index in [1.807, 2.05) is 48.5 Å². The van der Waals surface area contributed by atoms with Crippen molar-refractivity contribution < 1.29 is 9.59 Å². The van der Waals surface area contributed by atoms with Gasteiger partial charge >= 0.3 is 0 Å². The molecule has 2 rings (SSSR count). The third kappa shape index (κ3) is 3.62. The molecule has 100 valence electrons. The number of carbonyl (C=O) groups excluding carboxylic acids is 2. The Hall–Kier alpha value is -2.75. The van der Waals surface area contributed by atoms with Crippen LogP contribution in [0.4, 0.5) is 0 Å². The first-order valence-electron chi connectivity index (χ1n) is 6.19. The Kier molecular flexibility index (Phi) is 4.78. The summed E-state index contributed by atoms with van der Waals surface area (Å²) in [6.07, 6.45) is 1.91. The zero-order chi connectivity index (χ0) is 14.2. The molecule has 0 spiro atoms. The molecule has 0 aromatic heterocycles. The quantitative estimate of drug-likeness (QED) is 0.377. The van der Waals surface area contributed by atoms with Crippen molar-refractivity contribution in [2.75, 3.05) is 0 Å². The molecule has 4 heteroatoms. The maximum Gasteiger partial charge on any atom is 0.223 e. The number of rotatable bonds is 6. The molecule has 0 saturated carbocycles. The van der Waals surface area contributed by atoms with Crippen LogP contribution in [0.2, 0.25) is 0 Å². The van der Waals surface area contributed by atoms with Gasteiger partial charge < -0.3 is 0 Å². The molecule has 0 aliphatic rings. The van der Waals surface area contributed by atoms with Crippen molar-refractivity contribution in [3.8, 4) is 0 Å². The molecule has 0 bridgehead atoms. The molecule has 0 fully saturated rings. The van der Waals surface area contributed by atoms with Crippen LogP contribution in [-0.2, 0) is 9.59 Å². The van der Waals surface area contributed by atoms with E-state index in [9.17, 15) is 9.59 Å². The molecule has 0 aliphatic heterocycles. The number of hydrogen-bond donors (Lipinski definition) is 1. The highest BCUT2D eigenvalue weighted by molar-refractivity contribution is 6.27. The summed E-state index contributed by atoms with van der Waals surface area (Å²) in [5, 5.41) is 4.03. The van der Waals surface area contributed by atoms with Gasteiger partial charge in [0.2, 0.25) is 5.78 Å². The van der Waals surface area contributed by atoms with E-state index in [-0.39, 0.29) is 0 Å². The average molecular weight is 266 g/mol. The summed E-state index contributed by atoms with van der Waals surface area (Å²) >= 11 is 0. The molecule has 1 N–H and O–H groups in total. The van der Waals surface area contributed by atoms with Crippen molar-refractivity contribution in [3.63, 3.8) is 0 Å². The maximum atomic E-state index is 11.7. The normalized spacial score (nSPS) is 12.0. The van der Waals surface area contributed by atoms with Gasteiger partial charge in [0.25, 0.3) is 0 Å². The highest BCUT2D eigenvalue weighted by atomic mass is 16.2. The molecular formula is C16H14N2O2. The van der Waals surface area contributed by atoms with Gasteiger partial charge in [0.1, 0.15) is 6.04 Å². The smallest absolute Gasteiger partial charge is 0.223 e. The third-order valence-electron chi connectivity index (χ3n) is 2.75. The van der Waals surface area contributed by atoms with Crippen molar-refractivity contribution in [2.24, 2.45) is 5.10 Å². The van der Waals surface area contributed by atoms with Gasteiger partial charge in [-0.15, -0.1) is 0 Å². The minimum atomic E-state index is -0.756. The molecule has 1 unspecified atom stereocenters. The molecule has 0 amide bonds. The molecule has 20 heavy (non-hydrogen) atoms. The largest absolute Gasteiger partial charge is 0.295 e. The monoisotopic (exact) mass is 266 g/mol. The van der Waals surface area contributed by atoms with Crippen LogP contribution < -0.4 is 5.43 Å². The fraction of sp³-hybridized carbons (Fsp3) is 0.0625. The number of nitrogens with one attached hydrogen (secondary N) is 1. The summed E-state index contributed by atoms with van der Waals surface area (Å²) < 4.78 is 0. The van der Waals surface area contributed by atoms with Crippen molar-refractivity contribution >= 4 is 18.3 Å². The Balaban J connectivity index is 2.11. The number of nitrogens with zero attached hydrogens (tertiary/aromatic N) is 1. The van der Waals surface area contributed by atoms with Crippen LogP contribution in [0.1, 0.15) is 17.2 Å². The predicted octanol–water partition coefficient (Wildman–Crippen LogP) is 2.12. The van der Waals surface area contributed by atoms with E-state index in [4.69, 9.17) is 0 Å². The number of aldehydes is 1. The van der Waals surface area contributed by atoms with Crippen LogP contribution in [0.25, 0.3) is 0 Å². The van der Waals surface area contributed by atoms with E-state index in [1.165, 1.54) is 0 Å². The summed E-state index contributed by atoms with van der Waals surface area (Å²) in [6, 6.07) is 17.7. The molecule has 2 aromatic rings. The van der Waals surface area contributed by atoms with Crippen molar-refractivity contribution in [3.05, 3.63) is 71.8 Å². The number of hydrazone groups is 1. The second kappa shape index (κ2) is 6.99. The topological polar surface area (TPSA) is 58.5 Å².